The smallest absolute Gasteiger partial charge is 0.0666 e. The molecule has 1 heterocycles. The van der Waals surface area contributed by atoms with Crippen molar-refractivity contribution < 1.29 is 0 Å². The van der Waals surface area contributed by atoms with E-state index >= 15 is 0 Å². The molecule has 1 aromatic heterocycles. The third kappa shape index (κ3) is 3.31. The zero-order chi connectivity index (χ0) is 12.1. The summed E-state index contributed by atoms with van der Waals surface area (Å²) < 4.78 is 0. The predicted molar refractivity (Wildman–Crippen MR) is 68.3 cm³/mol. The van der Waals surface area contributed by atoms with Crippen LogP contribution in [0.3, 0.4) is 0 Å². The number of thiophene rings is 1. The van der Waals surface area contributed by atoms with Crippen LogP contribution in [0.5, 0.6) is 0 Å². The molecule has 0 radical (unpaired) electrons. The molecular formula is C12H19N3S. The molecule has 0 fully saturated rings. The molecule has 0 spiro atoms. The maximum Gasteiger partial charge on any atom is 0.0666 e. The lowest BCUT2D eigenvalue weighted by atomic mass is 10.1. The largest absolute Gasteiger partial charge is 0.329 e. The van der Waals surface area contributed by atoms with Gasteiger partial charge in [-0.05, 0) is 33.0 Å². The first kappa shape index (κ1) is 13.2. The highest BCUT2D eigenvalue weighted by atomic mass is 32.1. The van der Waals surface area contributed by atoms with Crippen molar-refractivity contribution in [3.05, 3.63) is 21.9 Å². The number of nitriles is 1. The number of nitrogens with two attached hydrogens (primary N) is 1. The quantitative estimate of drug-likeness (QED) is 0.853. The molecule has 2 N–H and O–H groups in total. The first-order valence-corrected chi connectivity index (χ1v) is 6.26. The standard InChI is InChI=1S/C12H19N3S/c1-9(6-13)8-15(3)11(7-14)12-5-4-10(2)16-12/h4-5,9,11H,7-8,14H2,1-3H3. The van der Waals surface area contributed by atoms with Crippen LogP contribution in [0.15, 0.2) is 12.1 Å². The van der Waals surface area contributed by atoms with Gasteiger partial charge in [0.1, 0.15) is 0 Å². The summed E-state index contributed by atoms with van der Waals surface area (Å²) in [7, 11) is 2.03. The van der Waals surface area contributed by atoms with Gasteiger partial charge in [-0.2, -0.15) is 5.26 Å². The topological polar surface area (TPSA) is 53.0 Å². The summed E-state index contributed by atoms with van der Waals surface area (Å²) in [6.07, 6.45) is 0. The van der Waals surface area contributed by atoms with Crippen LogP contribution in [0.25, 0.3) is 0 Å². The second-order valence-electron chi connectivity index (χ2n) is 4.17. The van der Waals surface area contributed by atoms with Gasteiger partial charge < -0.3 is 5.73 Å². The van der Waals surface area contributed by atoms with E-state index in [9.17, 15) is 0 Å². The molecule has 0 saturated carbocycles. The third-order valence-corrected chi connectivity index (χ3v) is 3.73. The average Bonchev–Trinajstić information content (AvgIpc) is 2.65. The van der Waals surface area contributed by atoms with Crippen molar-refractivity contribution >= 4 is 11.3 Å². The Balaban J connectivity index is 2.71. The minimum atomic E-state index is 0.0418. The Labute approximate surface area is 101 Å². The number of hydrogen-bond donors (Lipinski definition) is 1. The summed E-state index contributed by atoms with van der Waals surface area (Å²) in [4.78, 5) is 4.75. The highest BCUT2D eigenvalue weighted by Gasteiger charge is 2.18. The van der Waals surface area contributed by atoms with Gasteiger partial charge in [-0.25, -0.2) is 0 Å². The Hall–Kier alpha value is -0.890. The van der Waals surface area contributed by atoms with Crippen molar-refractivity contribution in [1.82, 2.24) is 4.90 Å². The van der Waals surface area contributed by atoms with Crippen molar-refractivity contribution in [3.8, 4) is 6.07 Å². The van der Waals surface area contributed by atoms with Gasteiger partial charge in [0.15, 0.2) is 0 Å². The summed E-state index contributed by atoms with van der Waals surface area (Å²) in [5.74, 6) is 0.0418. The zero-order valence-electron chi connectivity index (χ0n) is 10.1. The van der Waals surface area contributed by atoms with Crippen molar-refractivity contribution in [2.75, 3.05) is 20.1 Å². The van der Waals surface area contributed by atoms with Gasteiger partial charge in [0.25, 0.3) is 0 Å². The molecule has 0 aliphatic heterocycles. The molecule has 16 heavy (non-hydrogen) atoms. The Morgan fingerprint density at radius 3 is 2.69 bits per heavy atom. The molecule has 3 nitrogen and oxygen atoms in total. The lowest BCUT2D eigenvalue weighted by Gasteiger charge is -2.26. The van der Waals surface area contributed by atoms with E-state index in [4.69, 9.17) is 11.0 Å². The van der Waals surface area contributed by atoms with Crippen LogP contribution in [0, 0.1) is 24.2 Å². The van der Waals surface area contributed by atoms with Gasteiger partial charge in [0.2, 0.25) is 0 Å². The van der Waals surface area contributed by atoms with E-state index in [0.717, 1.165) is 6.54 Å². The summed E-state index contributed by atoms with van der Waals surface area (Å²) >= 11 is 1.78. The van der Waals surface area contributed by atoms with Crippen LogP contribution in [-0.4, -0.2) is 25.0 Å². The second-order valence-corrected chi connectivity index (χ2v) is 5.49. The molecule has 0 aliphatic rings. The molecule has 1 aromatic rings. The number of rotatable bonds is 5. The van der Waals surface area contributed by atoms with Crippen LogP contribution in [0.4, 0.5) is 0 Å². The predicted octanol–water partition coefficient (Wildman–Crippen LogP) is 2.15. The minimum Gasteiger partial charge on any atom is -0.329 e. The first-order chi connectivity index (χ1) is 7.58. The van der Waals surface area contributed by atoms with Crippen LogP contribution < -0.4 is 5.73 Å². The molecule has 88 valence electrons. The second kappa shape index (κ2) is 6.00. The molecule has 0 aromatic carbocycles. The maximum atomic E-state index is 8.81. The number of nitrogens with zero attached hydrogens (tertiary/aromatic N) is 2. The summed E-state index contributed by atoms with van der Waals surface area (Å²) in [6, 6.07) is 6.73. The van der Waals surface area contributed by atoms with E-state index < -0.39 is 0 Å². The monoisotopic (exact) mass is 237 g/mol. The lowest BCUT2D eigenvalue weighted by molar-refractivity contribution is 0.237. The molecule has 1 rings (SSSR count). The summed E-state index contributed by atoms with van der Waals surface area (Å²) in [5.41, 5.74) is 5.81. The fourth-order valence-corrected chi connectivity index (χ4v) is 2.80. The van der Waals surface area contributed by atoms with Gasteiger partial charge in [-0.3, -0.25) is 4.90 Å². The molecule has 2 unspecified atom stereocenters. The fraction of sp³-hybridized carbons (Fsp3) is 0.583. The molecule has 2 atom stereocenters. The molecule has 0 aliphatic carbocycles. The number of aryl methyl sites for hydroxylation is 1. The van der Waals surface area contributed by atoms with Gasteiger partial charge >= 0.3 is 0 Å². The first-order valence-electron chi connectivity index (χ1n) is 5.44. The SMILES string of the molecule is Cc1ccc(C(CN)N(C)CC(C)C#N)s1. The van der Waals surface area contributed by atoms with Gasteiger partial charge in [0, 0.05) is 22.8 Å². The highest BCUT2D eigenvalue weighted by Crippen LogP contribution is 2.26. The Kier molecular flexibility index (Phi) is 4.94. The summed E-state index contributed by atoms with van der Waals surface area (Å²) in [5, 5.41) is 8.81. The lowest BCUT2D eigenvalue weighted by Crippen LogP contribution is -2.32. The number of hydrogen-bond acceptors (Lipinski definition) is 4. The van der Waals surface area contributed by atoms with Crippen LogP contribution >= 0.6 is 11.3 Å². The van der Waals surface area contributed by atoms with Crippen LogP contribution in [0.2, 0.25) is 0 Å². The van der Waals surface area contributed by atoms with Crippen molar-refractivity contribution in [2.24, 2.45) is 11.7 Å². The van der Waals surface area contributed by atoms with Gasteiger partial charge in [-0.1, -0.05) is 0 Å². The van der Waals surface area contributed by atoms with Crippen molar-refractivity contribution in [2.45, 2.75) is 19.9 Å². The van der Waals surface area contributed by atoms with Crippen molar-refractivity contribution in [3.63, 3.8) is 0 Å². The molecule has 0 bridgehead atoms. The Morgan fingerprint density at radius 1 is 1.56 bits per heavy atom. The van der Waals surface area contributed by atoms with Gasteiger partial charge in [-0.15, -0.1) is 11.3 Å². The average molecular weight is 237 g/mol. The fourth-order valence-electron chi connectivity index (χ4n) is 1.75. The van der Waals surface area contributed by atoms with Crippen molar-refractivity contribution in [1.29, 1.82) is 5.26 Å². The molecular weight excluding hydrogens is 218 g/mol. The molecule has 0 saturated heterocycles. The van der Waals surface area contributed by atoms with E-state index in [-0.39, 0.29) is 12.0 Å². The maximum absolute atomic E-state index is 8.81. The molecule has 4 heteroatoms. The zero-order valence-corrected chi connectivity index (χ0v) is 10.9. The van der Waals surface area contributed by atoms with Crippen LogP contribution in [0.1, 0.15) is 22.7 Å². The minimum absolute atomic E-state index is 0.0418. The Bertz CT molecular complexity index is 367. The van der Waals surface area contributed by atoms with Crippen LogP contribution in [-0.2, 0) is 0 Å². The van der Waals surface area contributed by atoms with E-state index in [0.29, 0.717) is 6.54 Å². The number of likely N-dealkylation sites (N-methyl/N-ethyl adjacent to an activating group) is 1. The van der Waals surface area contributed by atoms with E-state index in [2.05, 4.69) is 30.0 Å². The highest BCUT2D eigenvalue weighted by molar-refractivity contribution is 7.12. The van der Waals surface area contributed by atoms with E-state index in [1.165, 1.54) is 9.75 Å². The van der Waals surface area contributed by atoms with E-state index in [1.807, 2.05) is 14.0 Å². The Morgan fingerprint density at radius 2 is 2.25 bits per heavy atom. The summed E-state index contributed by atoms with van der Waals surface area (Å²) in [6.45, 7) is 5.38. The third-order valence-electron chi connectivity index (χ3n) is 2.63. The van der Waals surface area contributed by atoms with E-state index in [1.54, 1.807) is 11.3 Å². The van der Waals surface area contributed by atoms with Gasteiger partial charge in [0.05, 0.1) is 18.0 Å². The normalized spacial score (nSPS) is 14.8. The molecule has 0 amide bonds.